The van der Waals surface area contributed by atoms with E-state index >= 15 is 0 Å². The van der Waals surface area contributed by atoms with Gasteiger partial charge in [0.2, 0.25) is 5.91 Å². The fraction of sp³-hybridized carbons (Fsp3) is 0.735. The lowest BCUT2D eigenvalue weighted by atomic mass is 9.47. The number of carbonyl (C=O) groups is 1. The van der Waals surface area contributed by atoms with Gasteiger partial charge in [-0.3, -0.25) is 4.79 Å². The minimum Gasteiger partial charge on any atom is -0.497 e. The number of allylic oxidation sites excluding steroid dienone is 2. The van der Waals surface area contributed by atoms with Gasteiger partial charge in [-0.15, -0.1) is 0 Å². The summed E-state index contributed by atoms with van der Waals surface area (Å²) in [5, 5.41) is 0.229. The molecular weight excluding hydrogens is 514 g/mol. The van der Waals surface area contributed by atoms with E-state index in [9.17, 15) is 4.79 Å². The Morgan fingerprint density at radius 2 is 1.75 bits per heavy atom. The molecule has 0 aromatic heterocycles. The van der Waals surface area contributed by atoms with Crippen molar-refractivity contribution in [1.82, 2.24) is 4.90 Å². The van der Waals surface area contributed by atoms with Gasteiger partial charge in [0.1, 0.15) is 11.5 Å². The van der Waals surface area contributed by atoms with Crippen LogP contribution in [-0.4, -0.2) is 39.4 Å². The molecule has 4 aliphatic rings. The molecule has 1 saturated heterocycles. The highest BCUT2D eigenvalue weighted by molar-refractivity contribution is 6.74. The summed E-state index contributed by atoms with van der Waals surface area (Å²) in [6, 6.07) is 5.92. The summed E-state index contributed by atoms with van der Waals surface area (Å²) in [6.07, 6.45) is 9.34. The number of benzene rings is 1. The van der Waals surface area contributed by atoms with Crippen LogP contribution in [0.1, 0.15) is 85.6 Å². The fourth-order valence-corrected chi connectivity index (χ4v) is 10.2. The van der Waals surface area contributed by atoms with Crippen molar-refractivity contribution in [3.63, 3.8) is 0 Å². The number of carbonyl (C=O) groups excluding carboxylic acids is 1. The van der Waals surface area contributed by atoms with Gasteiger partial charge in [-0.05, 0) is 91.5 Å². The monoisotopic (exact) mass is 567 g/mol. The van der Waals surface area contributed by atoms with E-state index in [1.165, 1.54) is 31.4 Å². The summed E-state index contributed by atoms with van der Waals surface area (Å²) in [6.45, 7) is 19.9. The minimum absolute atomic E-state index is 0.0183. The quantitative estimate of drug-likeness (QED) is 0.325. The highest BCUT2D eigenvalue weighted by Gasteiger charge is 2.62. The lowest BCUT2D eigenvalue weighted by molar-refractivity contribution is -0.140. The molecule has 0 N–H and O–H groups in total. The average molecular weight is 568 g/mol. The smallest absolute Gasteiger partial charge is 0.227 e. The van der Waals surface area contributed by atoms with Crippen LogP contribution in [-0.2, 0) is 15.8 Å². The van der Waals surface area contributed by atoms with Gasteiger partial charge < -0.3 is 18.8 Å². The maximum Gasteiger partial charge on any atom is 0.227 e. The number of methoxy groups -OCH3 is 2. The largest absolute Gasteiger partial charge is 0.497 e. The molecule has 3 fully saturated rings. The Morgan fingerprint density at radius 1 is 1.02 bits per heavy atom. The van der Waals surface area contributed by atoms with Crippen LogP contribution in [0.15, 0.2) is 30.0 Å². The third-order valence-corrected chi connectivity index (χ3v) is 16.7. The van der Waals surface area contributed by atoms with Gasteiger partial charge >= 0.3 is 0 Å². The van der Waals surface area contributed by atoms with Crippen molar-refractivity contribution in [3.05, 3.63) is 35.5 Å². The number of hydrogen-bond acceptors (Lipinski definition) is 4. The molecule has 222 valence electrons. The third-order valence-electron chi connectivity index (χ3n) is 12.2. The summed E-state index contributed by atoms with van der Waals surface area (Å²) in [5.74, 6) is 4.13. The summed E-state index contributed by atoms with van der Waals surface area (Å²) in [4.78, 5) is 15.6. The Labute approximate surface area is 244 Å². The molecule has 2 unspecified atom stereocenters. The van der Waals surface area contributed by atoms with Crippen molar-refractivity contribution in [3.8, 4) is 11.5 Å². The fourth-order valence-electron chi connectivity index (χ4n) is 8.76. The normalized spacial score (nSPS) is 36.0. The van der Waals surface area contributed by atoms with Crippen LogP contribution in [0.25, 0.3) is 0 Å². The second kappa shape index (κ2) is 10.2. The number of piperidine rings is 1. The molecule has 1 heterocycles. The van der Waals surface area contributed by atoms with E-state index in [0.717, 1.165) is 23.5 Å². The standard InChI is InChI=1S/C34H53NO4Si/c1-22-19-28-33(5,18-16-30(36)35(28)21-23-11-12-24(37-7)20-27(23)38-8)26-15-17-34(6)25(31(22)26)13-14-29(34)39-40(9,10)32(2,3)4/h11-12,19-20,22,25-26,29,31H,13-18,21H2,1-10H3/t22?,25-,26+,29?,31-,33+,34-/m0/s1. The van der Waals surface area contributed by atoms with Crippen molar-refractivity contribution < 1.29 is 18.7 Å². The first-order chi connectivity index (χ1) is 18.7. The Bertz CT molecular complexity index is 1170. The number of likely N-dealkylation sites (tertiary alicyclic amines) is 1. The zero-order valence-corrected chi connectivity index (χ0v) is 27.7. The molecule has 1 aliphatic heterocycles. The number of hydrogen-bond donors (Lipinski definition) is 0. The van der Waals surface area contributed by atoms with Crippen LogP contribution in [0.3, 0.4) is 0 Å². The Morgan fingerprint density at radius 3 is 2.40 bits per heavy atom. The molecule has 1 amide bonds. The molecule has 40 heavy (non-hydrogen) atoms. The van der Waals surface area contributed by atoms with E-state index in [0.29, 0.717) is 42.7 Å². The van der Waals surface area contributed by atoms with Crippen LogP contribution >= 0.6 is 0 Å². The van der Waals surface area contributed by atoms with E-state index in [4.69, 9.17) is 13.9 Å². The molecule has 7 atom stereocenters. The zero-order valence-electron chi connectivity index (χ0n) is 26.7. The lowest BCUT2D eigenvalue weighted by Crippen LogP contribution is -2.57. The summed E-state index contributed by atoms with van der Waals surface area (Å²) in [7, 11) is 1.52. The Kier molecular flexibility index (Phi) is 7.56. The van der Waals surface area contributed by atoms with E-state index in [1.807, 2.05) is 18.2 Å². The second-order valence-electron chi connectivity index (χ2n) is 15.3. The van der Waals surface area contributed by atoms with E-state index in [2.05, 4.69) is 65.6 Å². The van der Waals surface area contributed by atoms with Crippen molar-refractivity contribution in [1.29, 1.82) is 0 Å². The van der Waals surface area contributed by atoms with Crippen LogP contribution in [0, 0.1) is 34.5 Å². The predicted molar refractivity (Wildman–Crippen MR) is 164 cm³/mol. The van der Waals surface area contributed by atoms with Gasteiger partial charge in [-0.2, -0.15) is 0 Å². The van der Waals surface area contributed by atoms with Gasteiger partial charge in [0.05, 0.1) is 26.9 Å². The first-order valence-electron chi connectivity index (χ1n) is 15.6. The SMILES string of the molecule is COc1ccc(CN2C(=O)CC[C@@]3(C)C2=CC(C)[C@@H]2[C@H]3CC[C@]3(C)C(O[Si](C)(C)C(C)(C)C)CC[C@@H]23)c(OC)c1. The number of ether oxygens (including phenoxy) is 2. The van der Waals surface area contributed by atoms with Gasteiger partial charge in [-0.25, -0.2) is 0 Å². The molecule has 5 rings (SSSR count). The molecule has 2 saturated carbocycles. The van der Waals surface area contributed by atoms with Crippen molar-refractivity contribution in [2.24, 2.45) is 34.5 Å². The van der Waals surface area contributed by atoms with Crippen LogP contribution in [0.2, 0.25) is 18.1 Å². The third kappa shape index (κ3) is 4.65. The number of amides is 1. The molecule has 0 radical (unpaired) electrons. The van der Waals surface area contributed by atoms with Gasteiger partial charge in [-0.1, -0.05) is 47.6 Å². The summed E-state index contributed by atoms with van der Waals surface area (Å²) >= 11 is 0. The van der Waals surface area contributed by atoms with Crippen LogP contribution in [0.5, 0.6) is 11.5 Å². The van der Waals surface area contributed by atoms with Crippen molar-refractivity contribution in [2.45, 2.75) is 111 Å². The number of nitrogens with zero attached hydrogens (tertiary/aromatic N) is 1. The minimum atomic E-state index is -1.84. The molecular formula is C34H53NO4Si. The zero-order chi connectivity index (χ0) is 29.3. The molecule has 1 aromatic carbocycles. The predicted octanol–water partition coefficient (Wildman–Crippen LogP) is 8.20. The average Bonchev–Trinajstić information content (AvgIpc) is 3.21. The maximum atomic E-state index is 13.5. The second-order valence-corrected chi connectivity index (χ2v) is 20.0. The number of rotatable bonds is 6. The van der Waals surface area contributed by atoms with Gasteiger partial charge in [0, 0.05) is 29.2 Å². The first-order valence-corrected chi connectivity index (χ1v) is 18.5. The molecule has 5 nitrogen and oxygen atoms in total. The Hall–Kier alpha value is -1.79. The lowest BCUT2D eigenvalue weighted by Gasteiger charge is -2.60. The van der Waals surface area contributed by atoms with E-state index in [-0.39, 0.29) is 21.8 Å². The van der Waals surface area contributed by atoms with Gasteiger partial charge in [0.25, 0.3) is 0 Å². The topological polar surface area (TPSA) is 48.0 Å². The van der Waals surface area contributed by atoms with Gasteiger partial charge in [0.15, 0.2) is 8.32 Å². The number of fused-ring (bicyclic) bond motifs is 5. The summed E-state index contributed by atoms with van der Waals surface area (Å²) in [5.41, 5.74) is 2.54. The molecule has 3 aliphatic carbocycles. The molecule has 6 heteroatoms. The molecule has 0 spiro atoms. The highest BCUT2D eigenvalue weighted by Crippen LogP contribution is 2.66. The van der Waals surface area contributed by atoms with Crippen LogP contribution < -0.4 is 9.47 Å². The van der Waals surface area contributed by atoms with Crippen LogP contribution in [0.4, 0.5) is 0 Å². The van der Waals surface area contributed by atoms with Crippen molar-refractivity contribution in [2.75, 3.05) is 14.2 Å². The van der Waals surface area contributed by atoms with E-state index in [1.54, 1.807) is 14.2 Å². The Balaban J connectivity index is 1.45. The molecule has 0 bridgehead atoms. The first kappa shape index (κ1) is 29.7. The highest BCUT2D eigenvalue weighted by atomic mass is 28.4. The van der Waals surface area contributed by atoms with Crippen molar-refractivity contribution >= 4 is 14.2 Å². The molecule has 1 aromatic rings. The summed E-state index contributed by atoms with van der Waals surface area (Å²) < 4.78 is 18.3. The van der Waals surface area contributed by atoms with E-state index < -0.39 is 8.32 Å². The maximum absolute atomic E-state index is 13.5.